The fourth-order valence-electron chi connectivity index (χ4n) is 0. The van der Waals surface area contributed by atoms with Crippen molar-refractivity contribution in [2.75, 3.05) is 0 Å². The van der Waals surface area contributed by atoms with Gasteiger partial charge in [-0.05, 0) is 6.55 Å². The molecule has 6 heavy (non-hydrogen) atoms. The average Bonchev–Trinajstić information content (AvgIpc) is 0.722. The summed E-state index contributed by atoms with van der Waals surface area (Å²) in [5.41, 5.74) is 0. The van der Waals surface area contributed by atoms with E-state index in [0.29, 0.717) is 0 Å². The molecule has 0 aliphatic carbocycles. The van der Waals surface area contributed by atoms with E-state index in [0.717, 1.165) is 0 Å². The highest BCUT2D eigenvalue weighted by atomic mass is 35.8. The zero-order valence-electron chi connectivity index (χ0n) is 3.34. The minimum atomic E-state index is -2.19. The topological polar surface area (TPSA) is 35.0 Å². The smallest absolute Gasteiger partial charge is 0.338 e. The van der Waals surface area contributed by atoms with Crippen LogP contribution in [-0.4, -0.2) is 6.00 Å². The lowest BCUT2D eigenvalue weighted by molar-refractivity contribution is 2.13. The van der Waals surface area contributed by atoms with Crippen molar-refractivity contribution in [3.8, 4) is 0 Å². The molecule has 3 N–H and O–H groups in total. The van der Waals surface area contributed by atoms with Gasteiger partial charge in [0.1, 0.15) is 0 Å². The third-order valence-corrected chi connectivity index (χ3v) is 0. The molecule has 0 aliphatic rings. The van der Waals surface area contributed by atoms with E-state index in [2.05, 4.69) is 0 Å². The van der Waals surface area contributed by atoms with Gasteiger partial charge in [-0.15, -0.1) is 33.2 Å². The van der Waals surface area contributed by atoms with Crippen LogP contribution >= 0.6 is 33.2 Å². The van der Waals surface area contributed by atoms with Gasteiger partial charge in [0.05, 0.1) is 0 Å². The fourth-order valence-corrected chi connectivity index (χ4v) is 0. The van der Waals surface area contributed by atoms with Crippen LogP contribution in [0.25, 0.3) is 0 Å². The fraction of sp³-hybridized carbons (Fsp3) is 1.00. The first-order valence-electron chi connectivity index (χ1n) is 1.07. The molecule has 0 bridgehead atoms. The molecule has 0 amide bonds. The number of rotatable bonds is 0. The highest BCUT2D eigenvalue weighted by Crippen LogP contribution is 2.17. The van der Waals surface area contributed by atoms with Gasteiger partial charge in [-0.25, -0.2) is 0 Å². The van der Waals surface area contributed by atoms with Crippen LogP contribution in [0, 0.1) is 0 Å². The van der Waals surface area contributed by atoms with Gasteiger partial charge in [-0.2, -0.15) is 0 Å². The zero-order chi connectivity index (χ0) is 4.50. The Labute approximate surface area is 52.3 Å². The summed E-state index contributed by atoms with van der Waals surface area (Å²) in [6.45, 7) is 1.62. The highest BCUT2D eigenvalue weighted by Gasteiger charge is 2.13. The van der Waals surface area contributed by atoms with Crippen LogP contribution in [0.15, 0.2) is 0 Å². The van der Waals surface area contributed by atoms with Crippen LogP contribution in [0.3, 0.4) is 0 Å². The standard InChI is InChI=1S/CH3Cl3Si.H3N/c1-5(2,3)4;/h1H3;1H3. The van der Waals surface area contributed by atoms with Gasteiger partial charge >= 0.3 is 6.00 Å². The Morgan fingerprint density at radius 2 is 1.17 bits per heavy atom. The number of hydrogen-bond acceptors (Lipinski definition) is 1. The molecular formula is CH6Cl3NSi. The molecule has 0 aromatic carbocycles. The Bertz CT molecular complexity index is 26.3. The van der Waals surface area contributed by atoms with E-state index in [1.165, 1.54) is 0 Å². The predicted octanol–water partition coefficient (Wildman–Crippen LogP) is 2.43. The molecule has 0 atom stereocenters. The van der Waals surface area contributed by atoms with E-state index in [4.69, 9.17) is 33.2 Å². The van der Waals surface area contributed by atoms with Gasteiger partial charge in [0.25, 0.3) is 0 Å². The number of halogens is 3. The van der Waals surface area contributed by atoms with Crippen molar-refractivity contribution in [3.63, 3.8) is 0 Å². The highest BCUT2D eigenvalue weighted by molar-refractivity contribution is 7.64. The van der Waals surface area contributed by atoms with E-state index in [-0.39, 0.29) is 6.15 Å². The lowest BCUT2D eigenvalue weighted by Crippen LogP contribution is -1.97. The van der Waals surface area contributed by atoms with E-state index in [9.17, 15) is 0 Å². The lowest BCUT2D eigenvalue weighted by Gasteiger charge is -1.89. The molecular weight excluding hydrogens is 160 g/mol. The second-order valence-electron chi connectivity index (χ2n) is 0.781. The first-order chi connectivity index (χ1) is 2.00. The molecule has 0 unspecified atom stereocenters. The molecule has 0 spiro atoms. The number of hydrogen-bond donors (Lipinski definition) is 1. The molecule has 0 saturated carbocycles. The summed E-state index contributed by atoms with van der Waals surface area (Å²) in [6, 6.07) is -2.19. The molecule has 0 rings (SSSR count). The largest absolute Gasteiger partial charge is 0.344 e. The maximum atomic E-state index is 5.20. The molecule has 0 aromatic heterocycles. The van der Waals surface area contributed by atoms with Gasteiger partial charge in [0.2, 0.25) is 0 Å². The van der Waals surface area contributed by atoms with E-state index in [1.54, 1.807) is 6.55 Å². The molecule has 0 heterocycles. The van der Waals surface area contributed by atoms with Crippen molar-refractivity contribution in [1.29, 1.82) is 0 Å². The van der Waals surface area contributed by atoms with Crippen molar-refractivity contribution in [3.05, 3.63) is 0 Å². The minimum absolute atomic E-state index is 0. The summed E-state index contributed by atoms with van der Waals surface area (Å²) >= 11 is 15.6. The molecule has 0 fully saturated rings. The Balaban J connectivity index is 0. The summed E-state index contributed by atoms with van der Waals surface area (Å²) in [7, 11) is 0. The summed E-state index contributed by atoms with van der Waals surface area (Å²) in [6.07, 6.45) is 0. The quantitative estimate of drug-likeness (QED) is 0.435. The van der Waals surface area contributed by atoms with E-state index >= 15 is 0 Å². The van der Waals surface area contributed by atoms with Crippen LogP contribution in [0.4, 0.5) is 0 Å². The normalized spacial score (nSPS) is 10.0. The van der Waals surface area contributed by atoms with Crippen LogP contribution in [0.2, 0.25) is 6.55 Å². The lowest BCUT2D eigenvalue weighted by atomic mass is 11.9. The van der Waals surface area contributed by atoms with Crippen molar-refractivity contribution in [1.82, 2.24) is 6.15 Å². The van der Waals surface area contributed by atoms with E-state index in [1.807, 2.05) is 0 Å². The summed E-state index contributed by atoms with van der Waals surface area (Å²) < 4.78 is 0. The summed E-state index contributed by atoms with van der Waals surface area (Å²) in [5.74, 6) is 0. The summed E-state index contributed by atoms with van der Waals surface area (Å²) in [4.78, 5) is 0. The molecule has 1 nitrogen and oxygen atoms in total. The third kappa shape index (κ3) is 75.4. The van der Waals surface area contributed by atoms with Crippen molar-refractivity contribution in [2.24, 2.45) is 0 Å². The molecule has 40 valence electrons. The SMILES string of the molecule is C[Si](Cl)(Cl)Cl.N. The average molecular weight is 167 g/mol. The Morgan fingerprint density at radius 1 is 1.17 bits per heavy atom. The van der Waals surface area contributed by atoms with E-state index < -0.39 is 6.00 Å². The molecule has 0 radical (unpaired) electrons. The molecule has 5 heteroatoms. The second kappa shape index (κ2) is 3.10. The van der Waals surface area contributed by atoms with Gasteiger partial charge in [0, 0.05) is 0 Å². The van der Waals surface area contributed by atoms with Gasteiger partial charge in [-0.1, -0.05) is 0 Å². The minimum Gasteiger partial charge on any atom is -0.344 e. The van der Waals surface area contributed by atoms with Gasteiger partial charge < -0.3 is 6.15 Å². The van der Waals surface area contributed by atoms with Crippen molar-refractivity contribution in [2.45, 2.75) is 6.55 Å². The predicted molar refractivity (Wildman–Crippen MR) is 34.2 cm³/mol. The summed E-state index contributed by atoms with van der Waals surface area (Å²) in [5, 5.41) is 0. The third-order valence-electron chi connectivity index (χ3n) is 0. The zero-order valence-corrected chi connectivity index (χ0v) is 6.61. The van der Waals surface area contributed by atoms with Crippen LogP contribution in [0.1, 0.15) is 0 Å². The Morgan fingerprint density at radius 3 is 1.17 bits per heavy atom. The van der Waals surface area contributed by atoms with Gasteiger partial charge in [0.15, 0.2) is 0 Å². The molecule has 0 aliphatic heterocycles. The van der Waals surface area contributed by atoms with Crippen LogP contribution in [-0.2, 0) is 0 Å². The second-order valence-corrected chi connectivity index (χ2v) is 10.9. The monoisotopic (exact) mass is 165 g/mol. The molecule has 0 aromatic rings. The van der Waals surface area contributed by atoms with Crippen LogP contribution < -0.4 is 6.15 Å². The first-order valence-corrected chi connectivity index (χ1v) is 6.60. The molecule has 0 saturated heterocycles. The maximum Gasteiger partial charge on any atom is 0.338 e. The Kier molecular flexibility index (Phi) is 5.23. The van der Waals surface area contributed by atoms with Crippen LogP contribution in [0.5, 0.6) is 0 Å². The van der Waals surface area contributed by atoms with Crippen molar-refractivity contribution < 1.29 is 0 Å². The Hall–Kier alpha value is 1.05. The van der Waals surface area contributed by atoms with Crippen molar-refractivity contribution >= 4 is 39.2 Å². The maximum absolute atomic E-state index is 5.20. The van der Waals surface area contributed by atoms with Gasteiger partial charge in [-0.3, -0.25) is 0 Å². The first kappa shape index (κ1) is 10.1.